The van der Waals surface area contributed by atoms with E-state index in [9.17, 15) is 4.79 Å². The van der Waals surface area contributed by atoms with Crippen molar-refractivity contribution in [2.24, 2.45) is 0 Å². The third-order valence-corrected chi connectivity index (χ3v) is 6.98. The summed E-state index contributed by atoms with van der Waals surface area (Å²) in [5.41, 5.74) is 7.46. The number of nitrogens with one attached hydrogen (secondary N) is 1. The maximum absolute atomic E-state index is 12.9. The number of anilines is 1. The van der Waals surface area contributed by atoms with Crippen molar-refractivity contribution in [2.45, 2.75) is 27.7 Å². The summed E-state index contributed by atoms with van der Waals surface area (Å²) < 4.78 is 13.0. The molecule has 35 heavy (non-hydrogen) atoms. The van der Waals surface area contributed by atoms with Crippen molar-refractivity contribution in [3.8, 4) is 16.9 Å². The number of hydrogen-bond donors (Lipinski definition) is 1. The Kier molecular flexibility index (Phi) is 6.14. The van der Waals surface area contributed by atoms with Crippen LogP contribution in [0.1, 0.15) is 30.5 Å². The molecular formula is C29H26N2O3S. The molecule has 5 aromatic rings. The van der Waals surface area contributed by atoms with E-state index < -0.39 is 0 Å². The Labute approximate surface area is 208 Å². The Balaban J connectivity index is 1.53. The van der Waals surface area contributed by atoms with Crippen LogP contribution >= 0.6 is 11.3 Å². The molecule has 6 heteroatoms. The molecule has 0 spiro atoms. The van der Waals surface area contributed by atoms with Crippen LogP contribution in [-0.2, 0) is 4.79 Å². The molecule has 0 saturated carbocycles. The lowest BCUT2D eigenvalue weighted by atomic mass is 9.96. The summed E-state index contributed by atoms with van der Waals surface area (Å²) in [5.74, 6) is 0.501. The minimum Gasteiger partial charge on any atom is -0.493 e. The van der Waals surface area contributed by atoms with Gasteiger partial charge in [-0.05, 0) is 56.5 Å². The van der Waals surface area contributed by atoms with Crippen LogP contribution in [0.4, 0.5) is 5.13 Å². The number of amides is 1. The number of fused-ring (bicyclic) bond motifs is 2. The van der Waals surface area contributed by atoms with Gasteiger partial charge in [-0.25, -0.2) is 4.98 Å². The number of carbonyl (C=O) groups is 1. The zero-order chi connectivity index (χ0) is 24.5. The first kappa shape index (κ1) is 22.9. The van der Waals surface area contributed by atoms with E-state index in [4.69, 9.17) is 9.15 Å². The molecule has 0 fully saturated rings. The predicted octanol–water partition coefficient (Wildman–Crippen LogP) is 7.77. The number of thiazole rings is 1. The number of rotatable bonds is 6. The van der Waals surface area contributed by atoms with Gasteiger partial charge >= 0.3 is 0 Å². The summed E-state index contributed by atoms with van der Waals surface area (Å²) in [6, 6.07) is 18.2. The van der Waals surface area contributed by atoms with E-state index >= 15 is 0 Å². The molecular weight excluding hydrogens is 456 g/mol. The third-order valence-electron chi connectivity index (χ3n) is 6.04. The zero-order valence-corrected chi connectivity index (χ0v) is 21.0. The molecule has 1 amide bonds. The Morgan fingerprint density at radius 1 is 1.14 bits per heavy atom. The van der Waals surface area contributed by atoms with Gasteiger partial charge < -0.3 is 9.15 Å². The van der Waals surface area contributed by atoms with Crippen LogP contribution in [0.15, 0.2) is 71.4 Å². The van der Waals surface area contributed by atoms with Crippen molar-refractivity contribution < 1.29 is 13.9 Å². The number of allylic oxidation sites excluding steroid dienone is 1. The van der Waals surface area contributed by atoms with Crippen LogP contribution < -0.4 is 10.1 Å². The number of aryl methyl sites for hydroxylation is 2. The van der Waals surface area contributed by atoms with Crippen LogP contribution in [-0.4, -0.2) is 17.5 Å². The zero-order valence-electron chi connectivity index (χ0n) is 20.1. The number of hydrogen-bond acceptors (Lipinski definition) is 5. The summed E-state index contributed by atoms with van der Waals surface area (Å²) in [6.45, 7) is 8.40. The van der Waals surface area contributed by atoms with E-state index in [0.29, 0.717) is 11.7 Å². The lowest BCUT2D eigenvalue weighted by Crippen LogP contribution is -2.08. The molecule has 0 radical (unpaired) electrons. The first-order valence-electron chi connectivity index (χ1n) is 11.5. The van der Waals surface area contributed by atoms with Crippen LogP contribution in [0.25, 0.3) is 37.9 Å². The number of para-hydroxylation sites is 1. The topological polar surface area (TPSA) is 64.4 Å². The lowest BCUT2D eigenvalue weighted by molar-refractivity contribution is -0.111. The smallest absolute Gasteiger partial charge is 0.250 e. The quantitative estimate of drug-likeness (QED) is 0.251. The SMILES string of the molecule is CCOc1c(/C(C)=C/C(=O)Nc2nc3c(C)cccc3s2)cc2c(-c3ccccc3)coc2c1C. The largest absolute Gasteiger partial charge is 0.493 e. The van der Waals surface area contributed by atoms with E-state index in [1.165, 1.54) is 11.3 Å². The fourth-order valence-electron chi connectivity index (χ4n) is 4.34. The number of aromatic nitrogens is 1. The van der Waals surface area contributed by atoms with Crippen molar-refractivity contribution in [1.82, 2.24) is 4.98 Å². The maximum atomic E-state index is 12.9. The molecule has 0 unspecified atom stereocenters. The van der Waals surface area contributed by atoms with Crippen LogP contribution in [0.5, 0.6) is 5.75 Å². The van der Waals surface area contributed by atoms with E-state index in [0.717, 1.165) is 60.3 Å². The van der Waals surface area contributed by atoms with Crippen molar-refractivity contribution in [1.29, 1.82) is 0 Å². The van der Waals surface area contributed by atoms with Gasteiger partial charge in [0.2, 0.25) is 5.91 Å². The highest BCUT2D eigenvalue weighted by molar-refractivity contribution is 7.22. The molecule has 0 aliphatic heterocycles. The summed E-state index contributed by atoms with van der Waals surface area (Å²) >= 11 is 1.47. The molecule has 1 N–H and O–H groups in total. The summed E-state index contributed by atoms with van der Waals surface area (Å²) in [7, 11) is 0. The van der Waals surface area contributed by atoms with Gasteiger partial charge in [-0.3, -0.25) is 10.1 Å². The summed E-state index contributed by atoms with van der Waals surface area (Å²) in [4.78, 5) is 17.5. The average molecular weight is 483 g/mol. The first-order valence-corrected chi connectivity index (χ1v) is 12.4. The van der Waals surface area contributed by atoms with E-state index in [2.05, 4.69) is 28.5 Å². The lowest BCUT2D eigenvalue weighted by Gasteiger charge is -2.15. The number of benzene rings is 3. The second-order valence-corrected chi connectivity index (χ2v) is 9.49. The van der Waals surface area contributed by atoms with Gasteiger partial charge in [0.1, 0.15) is 11.3 Å². The Morgan fingerprint density at radius 2 is 1.94 bits per heavy atom. The molecule has 0 aliphatic rings. The second-order valence-electron chi connectivity index (χ2n) is 8.46. The fraction of sp³-hybridized carbons (Fsp3) is 0.172. The first-order chi connectivity index (χ1) is 17.0. The highest BCUT2D eigenvalue weighted by Gasteiger charge is 2.19. The van der Waals surface area contributed by atoms with Gasteiger partial charge in [0.05, 0.1) is 23.1 Å². The van der Waals surface area contributed by atoms with Crippen molar-refractivity contribution in [2.75, 3.05) is 11.9 Å². The molecule has 0 saturated heterocycles. The minimum atomic E-state index is -0.227. The standard InChI is InChI=1S/C29H26N2O3S/c1-5-33-27-19(4)28-22(23(16-34-28)20-11-7-6-8-12-20)15-21(27)18(3)14-25(32)30-29-31-26-17(2)10-9-13-24(26)35-29/h6-16H,5H2,1-4H3,(H,30,31,32)/b18-14+. The third kappa shape index (κ3) is 4.33. The Hall–Kier alpha value is -3.90. The highest BCUT2D eigenvalue weighted by atomic mass is 32.1. The van der Waals surface area contributed by atoms with Gasteiger partial charge in [0.25, 0.3) is 0 Å². The normalized spacial score (nSPS) is 11.8. The predicted molar refractivity (Wildman–Crippen MR) is 144 cm³/mol. The van der Waals surface area contributed by atoms with Crippen molar-refractivity contribution >= 4 is 49.1 Å². The van der Waals surface area contributed by atoms with E-state index in [-0.39, 0.29) is 5.91 Å². The maximum Gasteiger partial charge on any atom is 0.250 e. The van der Waals surface area contributed by atoms with Gasteiger partial charge in [-0.15, -0.1) is 0 Å². The van der Waals surface area contributed by atoms with Crippen LogP contribution in [0, 0.1) is 13.8 Å². The average Bonchev–Trinajstić information content (AvgIpc) is 3.46. The fourth-order valence-corrected chi connectivity index (χ4v) is 5.28. The molecule has 0 bridgehead atoms. The number of nitrogens with zero attached hydrogens (tertiary/aromatic N) is 1. The van der Waals surface area contributed by atoms with Gasteiger partial charge in [0.15, 0.2) is 5.13 Å². The Bertz CT molecular complexity index is 1580. The second kappa shape index (κ2) is 9.39. The minimum absolute atomic E-state index is 0.227. The number of carbonyl (C=O) groups excluding carboxylic acids is 1. The molecule has 3 aromatic carbocycles. The van der Waals surface area contributed by atoms with E-state index in [1.54, 1.807) is 12.3 Å². The summed E-state index contributed by atoms with van der Waals surface area (Å²) in [5, 5.41) is 4.50. The van der Waals surface area contributed by atoms with Crippen LogP contribution in [0.2, 0.25) is 0 Å². The molecule has 0 aliphatic carbocycles. The summed E-state index contributed by atoms with van der Waals surface area (Å²) in [6.07, 6.45) is 3.39. The molecule has 5 nitrogen and oxygen atoms in total. The van der Waals surface area contributed by atoms with Crippen molar-refractivity contribution in [3.63, 3.8) is 0 Å². The van der Waals surface area contributed by atoms with Gasteiger partial charge in [0, 0.05) is 28.2 Å². The molecule has 176 valence electrons. The Morgan fingerprint density at radius 3 is 2.69 bits per heavy atom. The van der Waals surface area contributed by atoms with Crippen LogP contribution in [0.3, 0.4) is 0 Å². The van der Waals surface area contributed by atoms with Gasteiger partial charge in [-0.1, -0.05) is 53.8 Å². The molecule has 0 atom stereocenters. The van der Waals surface area contributed by atoms with Gasteiger partial charge in [-0.2, -0.15) is 0 Å². The number of ether oxygens (including phenoxy) is 1. The van der Waals surface area contributed by atoms with E-state index in [1.807, 2.05) is 64.1 Å². The van der Waals surface area contributed by atoms with Crippen molar-refractivity contribution in [3.05, 3.63) is 83.6 Å². The molecule has 2 heterocycles. The molecule has 2 aromatic heterocycles. The monoisotopic (exact) mass is 482 g/mol. The number of furan rings is 1. The molecule has 5 rings (SSSR count). The highest BCUT2D eigenvalue weighted by Crippen LogP contribution is 2.40.